The normalized spacial score (nSPS) is 12.3. The highest BCUT2D eigenvalue weighted by atomic mass is 79.9. The van der Waals surface area contributed by atoms with Crippen LogP contribution in [-0.4, -0.2) is 12.3 Å². The minimum atomic E-state index is 0.392. The Bertz CT molecular complexity index is 556. The molecule has 0 aromatic heterocycles. The van der Waals surface area contributed by atoms with Crippen LogP contribution in [0.5, 0.6) is 0 Å². The lowest BCUT2D eigenvalue weighted by Crippen LogP contribution is -2.23. The van der Waals surface area contributed by atoms with E-state index in [1.807, 2.05) is 11.8 Å². The van der Waals surface area contributed by atoms with Gasteiger partial charge in [-0.1, -0.05) is 58.7 Å². The fraction of sp³-hybridized carbons (Fsp3) is 0.294. The molecule has 0 saturated carbocycles. The van der Waals surface area contributed by atoms with Gasteiger partial charge in [0.1, 0.15) is 0 Å². The maximum absolute atomic E-state index is 3.58. The summed E-state index contributed by atoms with van der Waals surface area (Å²) in [6, 6.07) is 17.6. The number of halogens is 1. The SMILES string of the molecule is CCNC(CSc1cccc(Br)c1)c1cccc(C)c1. The number of nitrogens with one attached hydrogen (secondary N) is 1. The maximum Gasteiger partial charge on any atom is 0.0415 e. The first-order valence-electron chi connectivity index (χ1n) is 6.87. The van der Waals surface area contributed by atoms with E-state index in [9.17, 15) is 0 Å². The van der Waals surface area contributed by atoms with Gasteiger partial charge in [-0.3, -0.25) is 0 Å². The van der Waals surface area contributed by atoms with Crippen LogP contribution >= 0.6 is 27.7 Å². The molecule has 0 radical (unpaired) electrons. The molecule has 0 saturated heterocycles. The second-order valence-electron chi connectivity index (χ2n) is 4.79. The van der Waals surface area contributed by atoms with E-state index in [2.05, 4.69) is 83.6 Å². The van der Waals surface area contributed by atoms with Gasteiger partial charge < -0.3 is 5.32 Å². The summed E-state index contributed by atoms with van der Waals surface area (Å²) in [6.45, 7) is 5.29. The molecule has 1 nitrogen and oxygen atoms in total. The fourth-order valence-corrected chi connectivity index (χ4v) is 3.75. The first kappa shape index (κ1) is 15.6. The molecule has 2 aromatic carbocycles. The lowest BCUT2D eigenvalue weighted by Gasteiger charge is -2.18. The lowest BCUT2D eigenvalue weighted by molar-refractivity contribution is 0.605. The monoisotopic (exact) mass is 349 g/mol. The Labute approximate surface area is 134 Å². The number of thioether (sulfide) groups is 1. The highest BCUT2D eigenvalue weighted by Crippen LogP contribution is 2.27. The molecule has 0 heterocycles. The first-order chi connectivity index (χ1) is 9.69. The van der Waals surface area contributed by atoms with Gasteiger partial charge >= 0.3 is 0 Å². The third-order valence-corrected chi connectivity index (χ3v) is 4.69. The summed E-state index contributed by atoms with van der Waals surface area (Å²) < 4.78 is 1.14. The van der Waals surface area contributed by atoms with Gasteiger partial charge in [-0.2, -0.15) is 0 Å². The molecule has 2 aromatic rings. The van der Waals surface area contributed by atoms with Gasteiger partial charge in [-0.15, -0.1) is 11.8 Å². The molecule has 0 bridgehead atoms. The van der Waals surface area contributed by atoms with Crippen LogP contribution in [0.15, 0.2) is 57.9 Å². The Morgan fingerprint density at radius 2 is 1.95 bits per heavy atom. The summed E-state index contributed by atoms with van der Waals surface area (Å²) in [6.07, 6.45) is 0. The molecule has 106 valence electrons. The second kappa shape index (κ2) is 7.87. The number of benzene rings is 2. The van der Waals surface area contributed by atoms with Crippen LogP contribution < -0.4 is 5.32 Å². The first-order valence-corrected chi connectivity index (χ1v) is 8.65. The van der Waals surface area contributed by atoms with Gasteiger partial charge in [-0.05, 0) is 37.2 Å². The van der Waals surface area contributed by atoms with Crippen molar-refractivity contribution in [3.63, 3.8) is 0 Å². The standard InChI is InChI=1S/C17H20BrNS/c1-3-19-17(14-7-4-6-13(2)10-14)12-20-16-9-5-8-15(18)11-16/h4-11,17,19H,3,12H2,1-2H3. The number of aryl methyl sites for hydroxylation is 1. The number of hydrogen-bond acceptors (Lipinski definition) is 2. The van der Waals surface area contributed by atoms with E-state index in [0.717, 1.165) is 16.8 Å². The van der Waals surface area contributed by atoms with E-state index in [0.29, 0.717) is 6.04 Å². The van der Waals surface area contributed by atoms with E-state index in [4.69, 9.17) is 0 Å². The van der Waals surface area contributed by atoms with Crippen molar-refractivity contribution >= 4 is 27.7 Å². The van der Waals surface area contributed by atoms with Crippen LogP contribution in [0.3, 0.4) is 0 Å². The Kier molecular flexibility index (Phi) is 6.14. The molecule has 0 aliphatic rings. The predicted molar refractivity (Wildman–Crippen MR) is 92.5 cm³/mol. The Balaban J connectivity index is 2.06. The Morgan fingerprint density at radius 3 is 2.65 bits per heavy atom. The molecule has 0 fully saturated rings. The van der Waals surface area contributed by atoms with E-state index < -0.39 is 0 Å². The Hall–Kier alpha value is -0.770. The van der Waals surface area contributed by atoms with Crippen LogP contribution in [0, 0.1) is 6.92 Å². The summed E-state index contributed by atoms with van der Waals surface area (Å²) in [5.41, 5.74) is 2.69. The zero-order chi connectivity index (χ0) is 14.4. The summed E-state index contributed by atoms with van der Waals surface area (Å²) in [5.74, 6) is 1.04. The molecule has 1 atom stereocenters. The third kappa shape index (κ3) is 4.65. The molecule has 20 heavy (non-hydrogen) atoms. The van der Waals surface area contributed by atoms with Crippen molar-refractivity contribution in [1.82, 2.24) is 5.32 Å². The summed E-state index contributed by atoms with van der Waals surface area (Å²) in [7, 11) is 0. The van der Waals surface area contributed by atoms with Crippen molar-refractivity contribution in [3.05, 3.63) is 64.1 Å². The number of hydrogen-bond donors (Lipinski definition) is 1. The van der Waals surface area contributed by atoms with E-state index in [1.165, 1.54) is 16.0 Å². The zero-order valence-electron chi connectivity index (χ0n) is 11.9. The quantitative estimate of drug-likeness (QED) is 0.719. The molecule has 2 rings (SSSR count). The molecule has 0 spiro atoms. The highest BCUT2D eigenvalue weighted by Gasteiger charge is 2.11. The minimum Gasteiger partial charge on any atom is -0.309 e. The third-order valence-electron chi connectivity index (χ3n) is 3.11. The lowest BCUT2D eigenvalue weighted by atomic mass is 10.1. The van der Waals surface area contributed by atoms with Gasteiger partial charge in [-0.25, -0.2) is 0 Å². The van der Waals surface area contributed by atoms with Gasteiger partial charge in [0.15, 0.2) is 0 Å². The predicted octanol–water partition coefficient (Wildman–Crippen LogP) is 5.20. The number of rotatable bonds is 6. The summed E-state index contributed by atoms with van der Waals surface area (Å²) in [5, 5.41) is 3.58. The molecule has 1 unspecified atom stereocenters. The van der Waals surface area contributed by atoms with Crippen LogP contribution in [0.1, 0.15) is 24.1 Å². The summed E-state index contributed by atoms with van der Waals surface area (Å²) in [4.78, 5) is 1.30. The largest absolute Gasteiger partial charge is 0.309 e. The van der Waals surface area contributed by atoms with Crippen molar-refractivity contribution in [1.29, 1.82) is 0 Å². The second-order valence-corrected chi connectivity index (χ2v) is 6.80. The van der Waals surface area contributed by atoms with Crippen molar-refractivity contribution in [2.45, 2.75) is 24.8 Å². The minimum absolute atomic E-state index is 0.392. The smallest absolute Gasteiger partial charge is 0.0415 e. The van der Waals surface area contributed by atoms with Gasteiger partial charge in [0.2, 0.25) is 0 Å². The van der Waals surface area contributed by atoms with Gasteiger partial charge in [0, 0.05) is 21.2 Å². The molecule has 0 aliphatic heterocycles. The maximum atomic E-state index is 3.58. The molecule has 0 amide bonds. The van der Waals surface area contributed by atoms with E-state index in [-0.39, 0.29) is 0 Å². The van der Waals surface area contributed by atoms with Crippen LogP contribution in [0.2, 0.25) is 0 Å². The highest BCUT2D eigenvalue weighted by molar-refractivity contribution is 9.10. The Morgan fingerprint density at radius 1 is 1.15 bits per heavy atom. The fourth-order valence-electron chi connectivity index (χ4n) is 2.14. The van der Waals surface area contributed by atoms with Crippen molar-refractivity contribution in [2.75, 3.05) is 12.3 Å². The van der Waals surface area contributed by atoms with Crippen LogP contribution in [0.25, 0.3) is 0 Å². The van der Waals surface area contributed by atoms with E-state index >= 15 is 0 Å². The summed E-state index contributed by atoms with van der Waals surface area (Å²) >= 11 is 5.42. The van der Waals surface area contributed by atoms with E-state index in [1.54, 1.807) is 0 Å². The van der Waals surface area contributed by atoms with Gasteiger partial charge in [0.25, 0.3) is 0 Å². The zero-order valence-corrected chi connectivity index (χ0v) is 14.3. The molecular weight excluding hydrogens is 330 g/mol. The van der Waals surface area contributed by atoms with Crippen LogP contribution in [0.4, 0.5) is 0 Å². The van der Waals surface area contributed by atoms with Crippen molar-refractivity contribution in [2.24, 2.45) is 0 Å². The van der Waals surface area contributed by atoms with Crippen LogP contribution in [-0.2, 0) is 0 Å². The molecule has 1 N–H and O–H groups in total. The molecular formula is C17H20BrNS. The van der Waals surface area contributed by atoms with Crippen molar-refractivity contribution < 1.29 is 0 Å². The molecule has 3 heteroatoms. The van der Waals surface area contributed by atoms with Gasteiger partial charge in [0.05, 0.1) is 0 Å². The average molecular weight is 350 g/mol. The van der Waals surface area contributed by atoms with Crippen molar-refractivity contribution in [3.8, 4) is 0 Å². The average Bonchev–Trinajstić information content (AvgIpc) is 2.43. The topological polar surface area (TPSA) is 12.0 Å². The molecule has 0 aliphatic carbocycles.